The molecule has 0 aliphatic heterocycles. The van der Waals surface area contributed by atoms with Crippen molar-refractivity contribution >= 4 is 11.9 Å². The lowest BCUT2D eigenvalue weighted by atomic mass is 10.2. The van der Waals surface area contributed by atoms with Crippen molar-refractivity contribution in [1.29, 1.82) is 0 Å². The van der Waals surface area contributed by atoms with E-state index >= 15 is 0 Å². The minimum absolute atomic E-state index is 0.383. The Kier molecular flexibility index (Phi) is 3.38. The summed E-state index contributed by atoms with van der Waals surface area (Å²) >= 11 is 0. The summed E-state index contributed by atoms with van der Waals surface area (Å²) in [5.41, 5.74) is 5.53. The van der Waals surface area contributed by atoms with Crippen molar-refractivity contribution in [2.24, 2.45) is 5.73 Å². The lowest BCUT2D eigenvalue weighted by molar-refractivity contribution is -0.706. The van der Waals surface area contributed by atoms with E-state index in [1.165, 1.54) is 13.3 Å². The molecule has 0 spiro atoms. The molecule has 1 atom stereocenters. The number of hydrogen-bond donors (Lipinski definition) is 1. The third kappa shape index (κ3) is 2.52. The van der Waals surface area contributed by atoms with E-state index in [1.54, 1.807) is 29.8 Å². The fourth-order valence-corrected chi connectivity index (χ4v) is 1.12. The van der Waals surface area contributed by atoms with Gasteiger partial charge in [0.05, 0.1) is 7.11 Å². The van der Waals surface area contributed by atoms with Crippen LogP contribution in [0.3, 0.4) is 0 Å². The first-order valence-corrected chi connectivity index (χ1v) is 4.44. The second-order valence-electron chi connectivity index (χ2n) is 3.11. The number of esters is 1. The molecule has 0 bridgehead atoms. The Labute approximate surface area is 87.5 Å². The molecule has 80 valence electrons. The minimum Gasteiger partial charge on any atom is -0.465 e. The monoisotopic (exact) mass is 209 g/mol. The number of carbonyl (C=O) groups is 2. The van der Waals surface area contributed by atoms with Crippen molar-refractivity contribution in [3.8, 4) is 0 Å². The van der Waals surface area contributed by atoms with Crippen molar-refractivity contribution in [2.45, 2.75) is 13.0 Å². The van der Waals surface area contributed by atoms with Gasteiger partial charge in [-0.25, -0.2) is 4.79 Å². The number of carbonyl (C=O) groups excluding carboxylic acids is 2. The number of nitrogens with two attached hydrogens (primary N) is 1. The molecule has 1 aromatic rings. The number of hydrogen-bond acceptors (Lipinski definition) is 3. The van der Waals surface area contributed by atoms with Crippen molar-refractivity contribution < 1.29 is 18.9 Å². The highest BCUT2D eigenvalue weighted by Gasteiger charge is 2.20. The van der Waals surface area contributed by atoms with Crippen LogP contribution in [0.25, 0.3) is 0 Å². The zero-order valence-electron chi connectivity index (χ0n) is 8.64. The predicted octanol–water partition coefficient (Wildman–Crippen LogP) is -0.193. The average molecular weight is 209 g/mol. The van der Waals surface area contributed by atoms with E-state index < -0.39 is 17.9 Å². The van der Waals surface area contributed by atoms with Crippen LogP contribution in [0.5, 0.6) is 0 Å². The Morgan fingerprint density at radius 1 is 1.53 bits per heavy atom. The quantitative estimate of drug-likeness (QED) is 0.553. The molecule has 1 unspecified atom stereocenters. The van der Waals surface area contributed by atoms with E-state index in [9.17, 15) is 9.59 Å². The van der Waals surface area contributed by atoms with Crippen LogP contribution in [0, 0.1) is 0 Å². The molecule has 0 aliphatic rings. The van der Waals surface area contributed by atoms with E-state index in [4.69, 9.17) is 5.73 Å². The summed E-state index contributed by atoms with van der Waals surface area (Å²) in [7, 11) is 1.30. The van der Waals surface area contributed by atoms with E-state index in [1.807, 2.05) is 0 Å². The largest absolute Gasteiger partial charge is 0.465 e. The molecule has 0 aromatic carbocycles. The summed E-state index contributed by atoms with van der Waals surface area (Å²) in [6, 6.07) is 2.77. The molecule has 1 rings (SSSR count). The number of amides is 1. The Morgan fingerprint density at radius 3 is 2.73 bits per heavy atom. The molecule has 0 aliphatic carbocycles. The highest BCUT2D eigenvalue weighted by molar-refractivity contribution is 5.88. The number of ether oxygens (including phenoxy) is 1. The highest BCUT2D eigenvalue weighted by Crippen LogP contribution is 1.99. The van der Waals surface area contributed by atoms with Crippen LogP contribution in [-0.4, -0.2) is 19.0 Å². The zero-order valence-corrected chi connectivity index (χ0v) is 8.64. The Balaban J connectivity index is 3.02. The Hall–Kier alpha value is -1.91. The van der Waals surface area contributed by atoms with Crippen molar-refractivity contribution in [2.75, 3.05) is 7.11 Å². The second-order valence-corrected chi connectivity index (χ2v) is 3.11. The molecular formula is C10H13N2O3+. The van der Waals surface area contributed by atoms with Crippen LogP contribution < -0.4 is 10.3 Å². The first-order valence-electron chi connectivity index (χ1n) is 4.44. The van der Waals surface area contributed by atoms with Gasteiger partial charge in [0.1, 0.15) is 5.56 Å². The number of aromatic nitrogens is 1. The van der Waals surface area contributed by atoms with E-state index in [0.717, 1.165) is 0 Å². The fraction of sp³-hybridized carbons (Fsp3) is 0.300. The van der Waals surface area contributed by atoms with Crippen LogP contribution in [0.15, 0.2) is 24.5 Å². The normalized spacial score (nSPS) is 11.9. The maximum Gasteiger partial charge on any atom is 0.343 e. The number of nitrogens with zero attached hydrogens (tertiary/aromatic N) is 1. The Bertz CT molecular complexity index is 390. The van der Waals surface area contributed by atoms with Crippen LogP contribution in [0.2, 0.25) is 0 Å². The van der Waals surface area contributed by atoms with Gasteiger partial charge in [-0.1, -0.05) is 0 Å². The van der Waals surface area contributed by atoms with Gasteiger partial charge < -0.3 is 10.5 Å². The second kappa shape index (κ2) is 4.54. The van der Waals surface area contributed by atoms with Gasteiger partial charge in [0.2, 0.25) is 6.04 Å². The fourth-order valence-electron chi connectivity index (χ4n) is 1.12. The lowest BCUT2D eigenvalue weighted by Crippen LogP contribution is -2.45. The van der Waals surface area contributed by atoms with Gasteiger partial charge in [0, 0.05) is 13.0 Å². The van der Waals surface area contributed by atoms with Crippen LogP contribution >= 0.6 is 0 Å². The van der Waals surface area contributed by atoms with E-state index in [-0.39, 0.29) is 0 Å². The summed E-state index contributed by atoms with van der Waals surface area (Å²) < 4.78 is 6.13. The maximum absolute atomic E-state index is 11.2. The Morgan fingerprint density at radius 2 is 2.20 bits per heavy atom. The molecule has 1 aromatic heterocycles. The van der Waals surface area contributed by atoms with Gasteiger partial charge in [-0.3, -0.25) is 4.79 Å². The minimum atomic E-state index is -0.491. The van der Waals surface area contributed by atoms with Crippen molar-refractivity contribution in [3.05, 3.63) is 30.1 Å². The van der Waals surface area contributed by atoms with Crippen molar-refractivity contribution in [3.63, 3.8) is 0 Å². The van der Waals surface area contributed by atoms with Gasteiger partial charge in [0.15, 0.2) is 12.4 Å². The molecule has 0 saturated heterocycles. The summed E-state index contributed by atoms with van der Waals surface area (Å²) in [6.07, 6.45) is 3.20. The average Bonchev–Trinajstić information content (AvgIpc) is 2.27. The molecule has 2 N–H and O–H groups in total. The van der Waals surface area contributed by atoms with Gasteiger partial charge >= 0.3 is 5.97 Å². The third-order valence-electron chi connectivity index (χ3n) is 2.10. The molecule has 0 saturated carbocycles. The van der Waals surface area contributed by atoms with Gasteiger partial charge in [-0.2, -0.15) is 4.57 Å². The van der Waals surface area contributed by atoms with Gasteiger partial charge in [-0.15, -0.1) is 0 Å². The summed E-state index contributed by atoms with van der Waals surface area (Å²) in [5.74, 6) is -0.900. The van der Waals surface area contributed by atoms with Gasteiger partial charge in [-0.05, 0) is 6.07 Å². The number of primary amides is 1. The smallest absolute Gasteiger partial charge is 0.343 e. The summed E-state index contributed by atoms with van der Waals surface area (Å²) in [6.45, 7) is 1.66. The molecule has 1 heterocycles. The molecule has 5 nitrogen and oxygen atoms in total. The SMILES string of the molecule is COC(=O)c1ccc[n+](C(C)C(N)=O)c1. The topological polar surface area (TPSA) is 73.3 Å². The zero-order chi connectivity index (χ0) is 11.4. The lowest BCUT2D eigenvalue weighted by Gasteiger charge is -2.03. The van der Waals surface area contributed by atoms with Crippen molar-refractivity contribution in [1.82, 2.24) is 0 Å². The van der Waals surface area contributed by atoms with Crippen LogP contribution in [-0.2, 0) is 9.53 Å². The van der Waals surface area contributed by atoms with E-state index in [0.29, 0.717) is 5.56 Å². The first kappa shape index (κ1) is 11.2. The summed E-state index contributed by atoms with van der Waals surface area (Å²) in [5, 5.41) is 0. The molecular weight excluding hydrogens is 196 g/mol. The summed E-state index contributed by atoms with van der Waals surface area (Å²) in [4.78, 5) is 22.1. The maximum atomic E-state index is 11.2. The number of rotatable bonds is 3. The van der Waals surface area contributed by atoms with Crippen LogP contribution in [0.4, 0.5) is 0 Å². The highest BCUT2D eigenvalue weighted by atomic mass is 16.5. The van der Waals surface area contributed by atoms with E-state index in [2.05, 4.69) is 4.74 Å². The number of methoxy groups -OCH3 is 1. The molecule has 5 heteroatoms. The third-order valence-corrected chi connectivity index (χ3v) is 2.10. The molecule has 15 heavy (non-hydrogen) atoms. The first-order chi connectivity index (χ1) is 7.06. The standard InChI is InChI=1S/C10H12N2O3/c1-7(9(11)13)12-5-3-4-8(6-12)10(14)15-2/h3-7H,1-2H3,(H-,11,13)/p+1. The molecule has 0 radical (unpaired) electrons. The molecule has 0 fully saturated rings. The van der Waals surface area contributed by atoms with Crippen LogP contribution in [0.1, 0.15) is 23.3 Å². The molecule has 1 amide bonds. The number of pyridine rings is 1. The van der Waals surface area contributed by atoms with Gasteiger partial charge in [0.25, 0.3) is 5.91 Å². The predicted molar refractivity (Wildman–Crippen MR) is 51.9 cm³/mol.